The molecule has 2 heterocycles. The number of hydrogen-bond donors (Lipinski definition) is 1. The zero-order chi connectivity index (χ0) is 17.9. The lowest BCUT2D eigenvalue weighted by Crippen LogP contribution is -2.45. The first kappa shape index (κ1) is 18.1. The van der Waals surface area contributed by atoms with Crippen LogP contribution in [0.5, 0.6) is 5.75 Å². The average Bonchev–Trinajstić information content (AvgIpc) is 3.26. The number of aliphatic imine (C=N–C) groups is 1. The quantitative estimate of drug-likeness (QED) is 0.673. The van der Waals surface area contributed by atoms with Crippen LogP contribution in [-0.4, -0.2) is 57.9 Å². The van der Waals surface area contributed by atoms with E-state index in [1.165, 1.54) is 18.4 Å². The number of benzene rings is 1. The fraction of sp³-hybridized carbons (Fsp3) is 0.650. The number of nitrogens with one attached hydrogen (secondary N) is 1. The second-order valence-corrected chi connectivity index (χ2v) is 7.99. The summed E-state index contributed by atoms with van der Waals surface area (Å²) < 4.78 is 11.0. The maximum absolute atomic E-state index is 5.64. The normalized spacial score (nSPS) is 24.2. The molecular formula is C20H31N3O2. The maximum atomic E-state index is 5.64. The van der Waals surface area contributed by atoms with Crippen LogP contribution in [0, 0.1) is 5.41 Å². The molecule has 5 heteroatoms. The molecule has 0 radical (unpaired) electrons. The van der Waals surface area contributed by atoms with Crippen LogP contribution in [-0.2, 0) is 10.2 Å². The van der Waals surface area contributed by atoms with E-state index in [-0.39, 0.29) is 5.41 Å². The second-order valence-electron chi connectivity index (χ2n) is 7.99. The average molecular weight is 345 g/mol. The number of methoxy groups -OCH3 is 1. The van der Waals surface area contributed by atoms with E-state index in [1.54, 1.807) is 7.11 Å². The molecule has 5 nitrogen and oxygen atoms in total. The van der Waals surface area contributed by atoms with Crippen molar-refractivity contribution < 1.29 is 9.47 Å². The van der Waals surface area contributed by atoms with Crippen LogP contribution in [0.4, 0.5) is 0 Å². The summed E-state index contributed by atoms with van der Waals surface area (Å²) in [6, 6.07) is 8.31. The van der Waals surface area contributed by atoms with Crippen LogP contribution in [0.2, 0.25) is 0 Å². The molecule has 2 aliphatic heterocycles. The number of guanidine groups is 1. The summed E-state index contributed by atoms with van der Waals surface area (Å²) in [6.45, 7) is 9.23. The Kier molecular flexibility index (Phi) is 5.23. The summed E-state index contributed by atoms with van der Waals surface area (Å²) >= 11 is 0. The zero-order valence-electron chi connectivity index (χ0n) is 16.0. The first-order chi connectivity index (χ1) is 12.0. The van der Waals surface area contributed by atoms with Crippen molar-refractivity contribution in [2.45, 2.75) is 32.1 Å². The van der Waals surface area contributed by atoms with Gasteiger partial charge in [0.2, 0.25) is 0 Å². The summed E-state index contributed by atoms with van der Waals surface area (Å²) in [5, 5.41) is 3.59. The Bertz CT molecular complexity index is 621. The molecule has 25 heavy (non-hydrogen) atoms. The third kappa shape index (κ3) is 3.92. The molecule has 0 aliphatic carbocycles. The number of ether oxygens (including phenoxy) is 2. The first-order valence-corrected chi connectivity index (χ1v) is 9.16. The summed E-state index contributed by atoms with van der Waals surface area (Å²) in [5.41, 5.74) is 1.59. The van der Waals surface area contributed by atoms with E-state index in [0.717, 1.165) is 44.6 Å². The highest BCUT2D eigenvalue weighted by atomic mass is 16.5. The molecule has 1 unspecified atom stereocenters. The summed E-state index contributed by atoms with van der Waals surface area (Å²) in [5.74, 6) is 1.90. The predicted octanol–water partition coefficient (Wildman–Crippen LogP) is 2.66. The molecule has 1 aromatic carbocycles. The van der Waals surface area contributed by atoms with Gasteiger partial charge in [-0.15, -0.1) is 0 Å². The molecule has 0 aromatic heterocycles. The van der Waals surface area contributed by atoms with E-state index in [1.807, 2.05) is 13.1 Å². The van der Waals surface area contributed by atoms with E-state index < -0.39 is 0 Å². The Balaban J connectivity index is 1.62. The Hall–Kier alpha value is -1.75. The van der Waals surface area contributed by atoms with E-state index in [0.29, 0.717) is 5.41 Å². The standard InChI is InChI=1S/C20H31N3O2/c1-19(2,16-6-5-7-17(12-16)24-4)13-22-18(21-3)23-10-8-20(14-23)9-11-25-15-20/h5-7,12H,8-11,13-15H2,1-4H3,(H,21,22). The van der Waals surface area contributed by atoms with Crippen molar-refractivity contribution in [3.8, 4) is 5.75 Å². The highest BCUT2D eigenvalue weighted by Gasteiger charge is 2.42. The van der Waals surface area contributed by atoms with Gasteiger partial charge in [0, 0.05) is 44.1 Å². The number of rotatable bonds is 4. The van der Waals surface area contributed by atoms with E-state index in [2.05, 4.69) is 47.3 Å². The number of likely N-dealkylation sites (tertiary alicyclic amines) is 1. The number of hydrogen-bond acceptors (Lipinski definition) is 3. The third-order valence-electron chi connectivity index (χ3n) is 5.67. The van der Waals surface area contributed by atoms with Crippen molar-refractivity contribution in [2.24, 2.45) is 10.4 Å². The van der Waals surface area contributed by atoms with Gasteiger partial charge in [-0.1, -0.05) is 26.0 Å². The molecule has 1 aromatic rings. The van der Waals surface area contributed by atoms with Crippen molar-refractivity contribution in [3.63, 3.8) is 0 Å². The van der Waals surface area contributed by atoms with Crippen molar-refractivity contribution in [3.05, 3.63) is 29.8 Å². The molecule has 0 bridgehead atoms. The Morgan fingerprint density at radius 3 is 2.92 bits per heavy atom. The summed E-state index contributed by atoms with van der Waals surface area (Å²) in [7, 11) is 3.58. The van der Waals surface area contributed by atoms with Gasteiger partial charge in [-0.3, -0.25) is 4.99 Å². The number of nitrogens with zero attached hydrogens (tertiary/aromatic N) is 2. The van der Waals surface area contributed by atoms with Crippen LogP contribution >= 0.6 is 0 Å². The topological polar surface area (TPSA) is 46.1 Å². The van der Waals surface area contributed by atoms with E-state index >= 15 is 0 Å². The highest BCUT2D eigenvalue weighted by molar-refractivity contribution is 5.80. The molecule has 0 amide bonds. The minimum atomic E-state index is -0.0155. The van der Waals surface area contributed by atoms with E-state index in [9.17, 15) is 0 Å². The van der Waals surface area contributed by atoms with Gasteiger partial charge in [-0.25, -0.2) is 0 Å². The molecule has 138 valence electrons. The third-order valence-corrected chi connectivity index (χ3v) is 5.67. The summed E-state index contributed by atoms with van der Waals surface area (Å²) in [4.78, 5) is 6.91. The van der Waals surface area contributed by atoms with Crippen LogP contribution in [0.1, 0.15) is 32.3 Å². The largest absolute Gasteiger partial charge is 0.497 e. The van der Waals surface area contributed by atoms with Gasteiger partial charge >= 0.3 is 0 Å². The fourth-order valence-electron chi connectivity index (χ4n) is 3.87. The molecule has 1 N–H and O–H groups in total. The van der Waals surface area contributed by atoms with Gasteiger partial charge in [-0.2, -0.15) is 0 Å². The van der Waals surface area contributed by atoms with Gasteiger partial charge in [0.05, 0.1) is 13.7 Å². The Morgan fingerprint density at radius 2 is 2.24 bits per heavy atom. The monoisotopic (exact) mass is 345 g/mol. The maximum Gasteiger partial charge on any atom is 0.193 e. The molecule has 2 aliphatic rings. The molecule has 3 rings (SSSR count). The second kappa shape index (κ2) is 7.24. The van der Waals surface area contributed by atoms with E-state index in [4.69, 9.17) is 9.47 Å². The molecular weight excluding hydrogens is 314 g/mol. The van der Waals surface area contributed by atoms with Crippen LogP contribution in [0.3, 0.4) is 0 Å². The minimum Gasteiger partial charge on any atom is -0.497 e. The molecule has 2 fully saturated rings. The lowest BCUT2D eigenvalue weighted by atomic mass is 9.84. The SMILES string of the molecule is CN=C(NCC(C)(C)c1cccc(OC)c1)N1CCC2(CCOC2)C1. The van der Waals surface area contributed by atoms with Crippen molar-refractivity contribution in [1.82, 2.24) is 10.2 Å². The smallest absolute Gasteiger partial charge is 0.193 e. The first-order valence-electron chi connectivity index (χ1n) is 9.16. The molecule has 1 atom stereocenters. The lowest BCUT2D eigenvalue weighted by molar-refractivity contribution is 0.156. The highest BCUT2D eigenvalue weighted by Crippen LogP contribution is 2.38. The van der Waals surface area contributed by atoms with Gasteiger partial charge in [0.15, 0.2) is 5.96 Å². The molecule has 1 spiro atoms. The van der Waals surface area contributed by atoms with Gasteiger partial charge in [-0.05, 0) is 30.5 Å². The molecule has 0 saturated carbocycles. The summed E-state index contributed by atoms with van der Waals surface area (Å²) in [6.07, 6.45) is 2.38. The lowest BCUT2D eigenvalue weighted by Gasteiger charge is -2.30. The van der Waals surface area contributed by atoms with Crippen molar-refractivity contribution in [2.75, 3.05) is 47.0 Å². The minimum absolute atomic E-state index is 0.0155. The van der Waals surface area contributed by atoms with Crippen LogP contribution in [0.15, 0.2) is 29.3 Å². The fourth-order valence-corrected chi connectivity index (χ4v) is 3.87. The van der Waals surface area contributed by atoms with Gasteiger partial charge in [0.1, 0.15) is 5.75 Å². The zero-order valence-corrected chi connectivity index (χ0v) is 16.0. The molecule has 2 saturated heterocycles. The Labute approximate surface area is 151 Å². The van der Waals surface area contributed by atoms with Crippen molar-refractivity contribution >= 4 is 5.96 Å². The van der Waals surface area contributed by atoms with Gasteiger partial charge in [0.25, 0.3) is 0 Å². The van der Waals surface area contributed by atoms with Crippen molar-refractivity contribution in [1.29, 1.82) is 0 Å². The van der Waals surface area contributed by atoms with Gasteiger partial charge < -0.3 is 19.7 Å². The van der Waals surface area contributed by atoms with Crippen LogP contribution < -0.4 is 10.1 Å². The predicted molar refractivity (Wildman–Crippen MR) is 101 cm³/mol. The Morgan fingerprint density at radius 1 is 1.40 bits per heavy atom. The van der Waals surface area contributed by atoms with Crippen LogP contribution in [0.25, 0.3) is 0 Å².